The van der Waals surface area contributed by atoms with Gasteiger partial charge in [-0.1, -0.05) is 49.4 Å². The van der Waals surface area contributed by atoms with E-state index in [0.717, 1.165) is 17.7 Å². The fraction of sp³-hybridized carbons (Fsp3) is 0.241. The predicted octanol–water partition coefficient (Wildman–Crippen LogP) is 4.30. The maximum Gasteiger partial charge on any atom is 0.264 e. The standard InChI is InChI=1S/C29H30N2O5/c1-21(8-6-7-17-32)29(35)26-18-25(36-2)15-16-27(26)30(28(29)34)19-22-11-13-24(14-12-22)31(20-33)23-9-4-3-5-10-23/h3-6,8-16,18,20-21,32,35H,7,17,19H2,1-2H3/b8-6+/t21-,29+/m1/s1. The molecule has 0 bridgehead atoms. The van der Waals surface area contributed by atoms with Crippen molar-refractivity contribution in [2.75, 3.05) is 23.5 Å². The summed E-state index contributed by atoms with van der Waals surface area (Å²) in [6, 6.07) is 22.0. The van der Waals surface area contributed by atoms with Gasteiger partial charge in [-0.15, -0.1) is 0 Å². The van der Waals surface area contributed by atoms with E-state index in [1.807, 2.05) is 54.6 Å². The van der Waals surface area contributed by atoms with Gasteiger partial charge in [0.2, 0.25) is 6.41 Å². The molecule has 1 aliphatic heterocycles. The van der Waals surface area contributed by atoms with E-state index in [2.05, 4.69) is 0 Å². The van der Waals surface area contributed by atoms with Crippen LogP contribution in [0.1, 0.15) is 24.5 Å². The number of hydrogen-bond donors (Lipinski definition) is 2. The minimum Gasteiger partial charge on any atom is -0.497 e. The summed E-state index contributed by atoms with van der Waals surface area (Å²) in [5, 5.41) is 20.8. The summed E-state index contributed by atoms with van der Waals surface area (Å²) in [5.74, 6) is -0.399. The van der Waals surface area contributed by atoms with Gasteiger partial charge in [-0.3, -0.25) is 14.5 Å². The highest BCUT2D eigenvalue weighted by atomic mass is 16.5. The Morgan fingerprint density at radius 1 is 1.06 bits per heavy atom. The zero-order valence-corrected chi connectivity index (χ0v) is 20.4. The molecule has 3 aromatic carbocycles. The first kappa shape index (κ1) is 25.2. The number of benzene rings is 3. The Bertz CT molecular complexity index is 1240. The smallest absolute Gasteiger partial charge is 0.264 e. The summed E-state index contributed by atoms with van der Waals surface area (Å²) in [4.78, 5) is 28.5. The van der Waals surface area contributed by atoms with Crippen molar-refractivity contribution in [3.05, 3.63) is 96.1 Å². The largest absolute Gasteiger partial charge is 0.497 e. The van der Waals surface area contributed by atoms with Gasteiger partial charge >= 0.3 is 0 Å². The third kappa shape index (κ3) is 4.63. The van der Waals surface area contributed by atoms with Gasteiger partial charge in [0.1, 0.15) is 5.75 Å². The molecule has 0 aliphatic carbocycles. The van der Waals surface area contributed by atoms with E-state index in [1.54, 1.807) is 54.2 Å². The lowest BCUT2D eigenvalue weighted by molar-refractivity contribution is -0.139. The van der Waals surface area contributed by atoms with Crippen molar-refractivity contribution < 1.29 is 24.5 Å². The number of carbonyl (C=O) groups excluding carboxylic acids is 2. The van der Waals surface area contributed by atoms with Crippen LogP contribution in [-0.2, 0) is 21.7 Å². The molecule has 186 valence electrons. The third-order valence-corrected chi connectivity index (χ3v) is 6.55. The number of fused-ring (bicyclic) bond motifs is 1. The topological polar surface area (TPSA) is 90.3 Å². The Morgan fingerprint density at radius 3 is 2.39 bits per heavy atom. The highest BCUT2D eigenvalue weighted by molar-refractivity contribution is 6.07. The Hall–Kier alpha value is -3.94. The highest BCUT2D eigenvalue weighted by Gasteiger charge is 2.52. The summed E-state index contributed by atoms with van der Waals surface area (Å²) in [5.41, 5.74) is 1.65. The fourth-order valence-electron chi connectivity index (χ4n) is 4.53. The van der Waals surface area contributed by atoms with Crippen LogP contribution in [0.5, 0.6) is 5.75 Å². The van der Waals surface area contributed by atoms with Crippen molar-refractivity contribution in [3.63, 3.8) is 0 Å². The number of carbonyl (C=O) groups is 2. The van der Waals surface area contributed by atoms with Crippen LogP contribution in [0.3, 0.4) is 0 Å². The quantitative estimate of drug-likeness (QED) is 0.329. The molecule has 4 rings (SSSR count). The molecule has 7 nitrogen and oxygen atoms in total. The number of methoxy groups -OCH3 is 1. The number of aliphatic hydroxyl groups is 2. The van der Waals surface area contributed by atoms with Crippen molar-refractivity contribution in [2.24, 2.45) is 5.92 Å². The number of ether oxygens (including phenoxy) is 1. The van der Waals surface area contributed by atoms with Crippen LogP contribution in [0, 0.1) is 5.92 Å². The number of hydrogen-bond acceptors (Lipinski definition) is 5. The van der Waals surface area contributed by atoms with Gasteiger partial charge in [0, 0.05) is 29.5 Å². The molecule has 0 aromatic heterocycles. The molecule has 0 fully saturated rings. The van der Waals surface area contributed by atoms with E-state index in [-0.39, 0.29) is 13.2 Å². The van der Waals surface area contributed by atoms with Gasteiger partial charge in [-0.05, 0) is 54.4 Å². The molecule has 0 saturated heterocycles. The van der Waals surface area contributed by atoms with Crippen molar-refractivity contribution in [2.45, 2.75) is 25.5 Å². The fourth-order valence-corrected chi connectivity index (χ4v) is 4.53. The summed E-state index contributed by atoms with van der Waals surface area (Å²) in [6.07, 6.45) is 4.73. The second-order valence-electron chi connectivity index (χ2n) is 8.75. The van der Waals surface area contributed by atoms with Crippen molar-refractivity contribution >= 4 is 29.4 Å². The first-order valence-corrected chi connectivity index (χ1v) is 11.8. The Balaban J connectivity index is 1.64. The lowest BCUT2D eigenvalue weighted by Crippen LogP contribution is -2.44. The number of anilines is 3. The van der Waals surface area contributed by atoms with Crippen molar-refractivity contribution in [1.82, 2.24) is 0 Å². The molecule has 0 unspecified atom stereocenters. The van der Waals surface area contributed by atoms with Gasteiger partial charge in [-0.25, -0.2) is 0 Å². The average molecular weight is 487 g/mol. The zero-order valence-electron chi connectivity index (χ0n) is 20.4. The van der Waals surface area contributed by atoms with E-state index < -0.39 is 17.4 Å². The number of nitrogens with zero attached hydrogens (tertiary/aromatic N) is 2. The van der Waals surface area contributed by atoms with E-state index in [4.69, 9.17) is 9.84 Å². The normalized spacial score (nSPS) is 17.8. The number of amides is 2. The molecule has 2 atom stereocenters. The summed E-state index contributed by atoms with van der Waals surface area (Å²) in [7, 11) is 1.54. The van der Waals surface area contributed by atoms with Gasteiger partial charge < -0.3 is 19.8 Å². The first-order chi connectivity index (χ1) is 17.4. The van der Waals surface area contributed by atoms with Gasteiger partial charge in [0.25, 0.3) is 5.91 Å². The van der Waals surface area contributed by atoms with Crippen LogP contribution in [0.25, 0.3) is 0 Å². The van der Waals surface area contributed by atoms with Crippen molar-refractivity contribution in [1.29, 1.82) is 0 Å². The number of rotatable bonds is 10. The SMILES string of the molecule is COc1ccc2c(c1)[C@@](O)([C@H](C)/C=C/CCO)C(=O)N2Cc1ccc(N(C=O)c2ccccc2)cc1. The zero-order chi connectivity index (χ0) is 25.7. The van der Waals surface area contributed by atoms with E-state index >= 15 is 0 Å². The van der Waals surface area contributed by atoms with Crippen LogP contribution >= 0.6 is 0 Å². The van der Waals surface area contributed by atoms with Crippen LogP contribution in [0.4, 0.5) is 17.1 Å². The molecule has 0 saturated carbocycles. The van der Waals surface area contributed by atoms with E-state index in [1.165, 1.54) is 0 Å². The molecular formula is C29H30N2O5. The summed E-state index contributed by atoms with van der Waals surface area (Å²) < 4.78 is 5.36. The Labute approximate surface area is 210 Å². The summed E-state index contributed by atoms with van der Waals surface area (Å²) in [6.45, 7) is 2.03. The highest BCUT2D eigenvalue weighted by Crippen LogP contribution is 2.47. The van der Waals surface area contributed by atoms with Gasteiger partial charge in [-0.2, -0.15) is 0 Å². The molecule has 2 N–H and O–H groups in total. The molecule has 36 heavy (non-hydrogen) atoms. The third-order valence-electron chi connectivity index (χ3n) is 6.55. The van der Waals surface area contributed by atoms with Gasteiger partial charge in [0.15, 0.2) is 5.60 Å². The lowest BCUT2D eigenvalue weighted by atomic mass is 9.83. The molecule has 7 heteroatoms. The number of para-hydroxylation sites is 1. The molecular weight excluding hydrogens is 456 g/mol. The molecule has 3 aromatic rings. The summed E-state index contributed by atoms with van der Waals surface area (Å²) >= 11 is 0. The molecule has 1 heterocycles. The van der Waals surface area contributed by atoms with Crippen LogP contribution in [0.2, 0.25) is 0 Å². The number of aliphatic hydroxyl groups excluding tert-OH is 1. The maximum absolute atomic E-state index is 13.7. The van der Waals surface area contributed by atoms with Crippen LogP contribution in [0.15, 0.2) is 84.9 Å². The maximum atomic E-state index is 13.7. The van der Waals surface area contributed by atoms with E-state index in [0.29, 0.717) is 29.1 Å². The van der Waals surface area contributed by atoms with Crippen molar-refractivity contribution in [3.8, 4) is 5.75 Å². The Morgan fingerprint density at radius 2 is 1.75 bits per heavy atom. The monoisotopic (exact) mass is 486 g/mol. The lowest BCUT2D eigenvalue weighted by Gasteiger charge is -2.28. The second kappa shape index (κ2) is 10.8. The van der Waals surface area contributed by atoms with Gasteiger partial charge in [0.05, 0.1) is 19.3 Å². The second-order valence-corrected chi connectivity index (χ2v) is 8.75. The minimum atomic E-state index is -1.77. The average Bonchev–Trinajstić information content (AvgIpc) is 3.12. The minimum absolute atomic E-state index is 0.00602. The molecule has 2 amide bonds. The van der Waals surface area contributed by atoms with Crippen LogP contribution < -0.4 is 14.5 Å². The molecule has 0 spiro atoms. The molecule has 0 radical (unpaired) electrons. The molecule has 1 aliphatic rings. The predicted molar refractivity (Wildman–Crippen MR) is 139 cm³/mol. The van der Waals surface area contributed by atoms with Crippen LogP contribution in [-0.4, -0.2) is 36.2 Å². The van der Waals surface area contributed by atoms with E-state index in [9.17, 15) is 14.7 Å². The Kier molecular flexibility index (Phi) is 7.52. The first-order valence-electron chi connectivity index (χ1n) is 11.8.